The molecule has 0 unspecified atom stereocenters. The Hall–Kier alpha value is -1.06. The summed E-state index contributed by atoms with van der Waals surface area (Å²) in [6.45, 7) is 9.15. The normalized spacial score (nSPS) is 11.4. The molecule has 1 aromatic rings. The molecule has 0 fully saturated rings. The Labute approximate surface area is 175 Å². The molecular formula is C19H35IN4O2. The van der Waals surface area contributed by atoms with E-state index in [4.69, 9.17) is 9.47 Å². The molecule has 6 nitrogen and oxygen atoms in total. The van der Waals surface area contributed by atoms with Gasteiger partial charge in [-0.3, -0.25) is 4.99 Å². The number of guanidine groups is 1. The van der Waals surface area contributed by atoms with Crippen molar-refractivity contribution in [3.63, 3.8) is 0 Å². The molecule has 7 heteroatoms. The third kappa shape index (κ3) is 11.5. The Morgan fingerprint density at radius 1 is 1.19 bits per heavy atom. The van der Waals surface area contributed by atoms with E-state index in [2.05, 4.69) is 53.6 Å². The molecule has 150 valence electrons. The third-order valence-corrected chi connectivity index (χ3v) is 3.68. The van der Waals surface area contributed by atoms with Gasteiger partial charge in [0.05, 0.1) is 6.61 Å². The molecule has 0 aromatic heterocycles. The van der Waals surface area contributed by atoms with E-state index in [1.54, 1.807) is 14.2 Å². The van der Waals surface area contributed by atoms with Crippen LogP contribution in [0.3, 0.4) is 0 Å². The SMILES string of the molecule is CN=C(NCc1cccc(OCCN(C)CCOC)c1)NCC(C)C.I. The van der Waals surface area contributed by atoms with Crippen LogP contribution in [0.15, 0.2) is 29.3 Å². The van der Waals surface area contributed by atoms with Gasteiger partial charge in [-0.25, -0.2) is 0 Å². The molecule has 0 aliphatic rings. The highest BCUT2D eigenvalue weighted by molar-refractivity contribution is 14.0. The van der Waals surface area contributed by atoms with Gasteiger partial charge >= 0.3 is 0 Å². The molecule has 0 amide bonds. The van der Waals surface area contributed by atoms with Gasteiger partial charge in [0.15, 0.2) is 5.96 Å². The zero-order valence-electron chi connectivity index (χ0n) is 16.7. The van der Waals surface area contributed by atoms with Gasteiger partial charge in [-0.05, 0) is 30.7 Å². The van der Waals surface area contributed by atoms with Crippen molar-refractivity contribution in [3.8, 4) is 5.75 Å². The first-order valence-corrected chi connectivity index (χ1v) is 8.89. The average molecular weight is 478 g/mol. The Bertz CT molecular complexity index is 512. The van der Waals surface area contributed by atoms with Gasteiger partial charge in [0, 0.05) is 40.3 Å². The van der Waals surface area contributed by atoms with Gasteiger partial charge < -0.3 is 25.0 Å². The fourth-order valence-electron chi connectivity index (χ4n) is 2.13. The molecular weight excluding hydrogens is 443 g/mol. The van der Waals surface area contributed by atoms with Crippen LogP contribution in [0, 0.1) is 5.92 Å². The van der Waals surface area contributed by atoms with Crippen molar-refractivity contribution in [2.75, 3.05) is 54.1 Å². The number of methoxy groups -OCH3 is 1. The highest BCUT2D eigenvalue weighted by Gasteiger charge is 2.02. The van der Waals surface area contributed by atoms with Crippen LogP contribution in [-0.2, 0) is 11.3 Å². The number of nitrogens with zero attached hydrogens (tertiary/aromatic N) is 2. The summed E-state index contributed by atoms with van der Waals surface area (Å²) in [5, 5.41) is 6.64. The number of nitrogens with one attached hydrogen (secondary N) is 2. The Morgan fingerprint density at radius 2 is 1.92 bits per heavy atom. The van der Waals surface area contributed by atoms with E-state index < -0.39 is 0 Å². The lowest BCUT2D eigenvalue weighted by Crippen LogP contribution is -2.38. The van der Waals surface area contributed by atoms with Crippen molar-refractivity contribution in [2.45, 2.75) is 20.4 Å². The van der Waals surface area contributed by atoms with E-state index in [9.17, 15) is 0 Å². The van der Waals surface area contributed by atoms with Crippen molar-refractivity contribution in [1.29, 1.82) is 0 Å². The Balaban J connectivity index is 0.00000625. The van der Waals surface area contributed by atoms with Crippen molar-refractivity contribution >= 4 is 29.9 Å². The van der Waals surface area contributed by atoms with Gasteiger partial charge in [-0.1, -0.05) is 26.0 Å². The predicted octanol–water partition coefficient (Wildman–Crippen LogP) is 2.58. The fourth-order valence-corrected chi connectivity index (χ4v) is 2.13. The van der Waals surface area contributed by atoms with E-state index in [1.165, 1.54) is 0 Å². The zero-order chi connectivity index (χ0) is 18.5. The van der Waals surface area contributed by atoms with Crippen LogP contribution >= 0.6 is 24.0 Å². The number of rotatable bonds is 11. The Kier molecular flexibility index (Phi) is 14.4. The second-order valence-corrected chi connectivity index (χ2v) is 6.49. The smallest absolute Gasteiger partial charge is 0.191 e. The summed E-state index contributed by atoms with van der Waals surface area (Å²) in [6.07, 6.45) is 0. The number of aliphatic imine (C=N–C) groups is 1. The van der Waals surface area contributed by atoms with Gasteiger partial charge in [-0.15, -0.1) is 24.0 Å². The minimum atomic E-state index is 0. The summed E-state index contributed by atoms with van der Waals surface area (Å²) >= 11 is 0. The van der Waals surface area contributed by atoms with Crippen LogP contribution in [0.5, 0.6) is 5.75 Å². The second-order valence-electron chi connectivity index (χ2n) is 6.49. The van der Waals surface area contributed by atoms with Crippen molar-refractivity contribution in [1.82, 2.24) is 15.5 Å². The van der Waals surface area contributed by atoms with Crippen LogP contribution in [0.4, 0.5) is 0 Å². The largest absolute Gasteiger partial charge is 0.492 e. The lowest BCUT2D eigenvalue weighted by atomic mass is 10.2. The molecule has 0 saturated carbocycles. The lowest BCUT2D eigenvalue weighted by molar-refractivity contribution is 0.150. The Morgan fingerprint density at radius 3 is 2.58 bits per heavy atom. The monoisotopic (exact) mass is 478 g/mol. The maximum atomic E-state index is 5.85. The number of benzene rings is 1. The molecule has 0 aliphatic heterocycles. The summed E-state index contributed by atoms with van der Waals surface area (Å²) in [5.41, 5.74) is 1.16. The summed E-state index contributed by atoms with van der Waals surface area (Å²) in [5.74, 6) is 2.29. The molecule has 0 aliphatic carbocycles. The molecule has 0 atom stereocenters. The van der Waals surface area contributed by atoms with Crippen LogP contribution in [0.1, 0.15) is 19.4 Å². The van der Waals surface area contributed by atoms with E-state index in [0.29, 0.717) is 19.1 Å². The zero-order valence-corrected chi connectivity index (χ0v) is 19.1. The minimum absolute atomic E-state index is 0. The summed E-state index contributed by atoms with van der Waals surface area (Å²) in [4.78, 5) is 6.43. The highest BCUT2D eigenvalue weighted by Crippen LogP contribution is 2.13. The third-order valence-electron chi connectivity index (χ3n) is 3.68. The van der Waals surface area contributed by atoms with Gasteiger partial charge in [0.1, 0.15) is 12.4 Å². The number of ether oxygens (including phenoxy) is 2. The molecule has 1 aromatic carbocycles. The molecule has 1 rings (SSSR count). The molecule has 26 heavy (non-hydrogen) atoms. The van der Waals surface area contributed by atoms with Crippen molar-refractivity contribution in [3.05, 3.63) is 29.8 Å². The van der Waals surface area contributed by atoms with Crippen molar-refractivity contribution in [2.24, 2.45) is 10.9 Å². The van der Waals surface area contributed by atoms with Crippen LogP contribution in [0.2, 0.25) is 0 Å². The topological polar surface area (TPSA) is 58.1 Å². The molecule has 0 spiro atoms. The van der Waals surface area contributed by atoms with Crippen LogP contribution < -0.4 is 15.4 Å². The number of halogens is 1. The molecule has 0 radical (unpaired) electrons. The summed E-state index contributed by atoms with van der Waals surface area (Å²) in [6, 6.07) is 8.16. The van der Waals surface area contributed by atoms with E-state index in [-0.39, 0.29) is 24.0 Å². The summed E-state index contributed by atoms with van der Waals surface area (Å²) in [7, 11) is 5.57. The van der Waals surface area contributed by atoms with Gasteiger partial charge in [0.2, 0.25) is 0 Å². The van der Waals surface area contributed by atoms with Crippen LogP contribution in [0.25, 0.3) is 0 Å². The van der Waals surface area contributed by atoms with Crippen LogP contribution in [-0.4, -0.2) is 64.9 Å². The highest BCUT2D eigenvalue weighted by atomic mass is 127. The molecule has 0 saturated heterocycles. The maximum Gasteiger partial charge on any atom is 0.191 e. The molecule has 0 bridgehead atoms. The first kappa shape index (κ1) is 24.9. The second kappa shape index (κ2) is 15.0. The van der Waals surface area contributed by atoms with E-state index in [1.807, 2.05) is 12.1 Å². The van der Waals surface area contributed by atoms with E-state index >= 15 is 0 Å². The minimum Gasteiger partial charge on any atom is -0.492 e. The predicted molar refractivity (Wildman–Crippen MR) is 120 cm³/mol. The molecule has 0 heterocycles. The van der Waals surface area contributed by atoms with Crippen molar-refractivity contribution < 1.29 is 9.47 Å². The number of hydrogen-bond donors (Lipinski definition) is 2. The fraction of sp³-hybridized carbons (Fsp3) is 0.632. The van der Waals surface area contributed by atoms with Gasteiger partial charge in [-0.2, -0.15) is 0 Å². The first-order valence-electron chi connectivity index (χ1n) is 8.89. The average Bonchev–Trinajstić information content (AvgIpc) is 2.60. The number of hydrogen-bond acceptors (Lipinski definition) is 4. The van der Waals surface area contributed by atoms with Gasteiger partial charge in [0.25, 0.3) is 0 Å². The summed E-state index contributed by atoms with van der Waals surface area (Å²) < 4.78 is 10.9. The standard InChI is InChI=1S/C19H34N4O2.HI/c1-16(2)14-21-19(20-3)22-15-17-7-6-8-18(13-17)25-12-10-23(4)9-11-24-5;/h6-8,13,16H,9-12,14-15H2,1-5H3,(H2,20,21,22);1H. The lowest BCUT2D eigenvalue weighted by Gasteiger charge is -2.17. The first-order chi connectivity index (χ1) is 12.0. The molecule has 2 N–H and O–H groups in total. The van der Waals surface area contributed by atoms with E-state index in [0.717, 1.165) is 43.5 Å². The number of likely N-dealkylation sites (N-methyl/N-ethyl adjacent to an activating group) is 1. The maximum absolute atomic E-state index is 5.85. The quantitative estimate of drug-likeness (QED) is 0.291.